The average molecular weight is 210 g/mol. The molecule has 0 heterocycles. The number of rotatable bonds is 4. The first-order valence-electron chi connectivity index (χ1n) is 4.52. The fourth-order valence-electron chi connectivity index (χ4n) is 1.14. The molecule has 0 fully saturated rings. The molecule has 0 saturated heterocycles. The first-order valence-corrected chi connectivity index (χ1v) is 4.97. The molecule has 0 aliphatic carbocycles. The Bertz CT molecular complexity index is 306. The van der Waals surface area contributed by atoms with Gasteiger partial charge >= 0.3 is 0 Å². The maximum atomic E-state index is 10.9. The lowest BCUT2D eigenvalue weighted by atomic mass is 9.98. The third-order valence-electron chi connectivity index (χ3n) is 2.20. The summed E-state index contributed by atoms with van der Waals surface area (Å²) in [4.78, 5) is 10.9. The van der Waals surface area contributed by atoms with Crippen LogP contribution in [-0.2, 0) is 11.2 Å². The highest BCUT2D eigenvalue weighted by atomic mass is 32.1. The number of thiol groups is 1. The Morgan fingerprint density at radius 3 is 2.50 bits per heavy atom. The number of aryl methyl sites for hydroxylation is 1. The zero-order valence-corrected chi connectivity index (χ0v) is 9.00. The van der Waals surface area contributed by atoms with Crippen LogP contribution in [0.25, 0.3) is 0 Å². The minimum atomic E-state index is -1.32. The Morgan fingerprint density at radius 1 is 1.43 bits per heavy atom. The molecule has 0 aliphatic heterocycles. The van der Waals surface area contributed by atoms with Crippen LogP contribution in [0, 0.1) is 0 Å². The highest BCUT2D eigenvalue weighted by molar-refractivity contribution is 7.96. The molecule has 76 valence electrons. The van der Waals surface area contributed by atoms with Gasteiger partial charge in [-0.3, -0.25) is 4.79 Å². The first kappa shape index (κ1) is 11.3. The fourth-order valence-corrected chi connectivity index (χ4v) is 1.25. The number of benzene rings is 1. The van der Waals surface area contributed by atoms with Gasteiger partial charge in [-0.15, -0.1) is 12.6 Å². The van der Waals surface area contributed by atoms with E-state index >= 15 is 0 Å². The highest BCUT2D eigenvalue weighted by Gasteiger charge is 2.26. The Balaban J connectivity index is 2.53. The first-order chi connectivity index (χ1) is 6.52. The van der Waals surface area contributed by atoms with E-state index < -0.39 is 10.7 Å². The van der Waals surface area contributed by atoms with Crippen LogP contribution in [0.3, 0.4) is 0 Å². The Morgan fingerprint density at radius 2 is 2.00 bits per heavy atom. The second-order valence-corrected chi connectivity index (χ2v) is 3.97. The van der Waals surface area contributed by atoms with Crippen molar-refractivity contribution in [2.45, 2.75) is 25.4 Å². The summed E-state index contributed by atoms with van der Waals surface area (Å²) in [6.07, 6.45) is 1.08. The summed E-state index contributed by atoms with van der Waals surface area (Å²) in [6, 6.07) is 9.75. The van der Waals surface area contributed by atoms with E-state index in [0.29, 0.717) is 12.8 Å². The highest BCUT2D eigenvalue weighted by Crippen LogP contribution is 2.16. The second kappa shape index (κ2) is 4.62. The molecule has 1 aromatic rings. The largest absolute Gasteiger partial charge is 0.381 e. The summed E-state index contributed by atoms with van der Waals surface area (Å²) in [5.41, 5.74) is -0.207. The lowest BCUT2D eigenvalue weighted by molar-refractivity contribution is -0.126. The van der Waals surface area contributed by atoms with Gasteiger partial charge in [0, 0.05) is 0 Å². The van der Waals surface area contributed by atoms with Crippen LogP contribution in [0.2, 0.25) is 0 Å². The standard InChI is InChI=1S/C11H14O2S/c1-11(13,10(12)14)8-7-9-5-3-2-4-6-9/h2-6,13H,7-8H2,1H3,(H,12,14)/t11-/m1/s1. The van der Waals surface area contributed by atoms with Gasteiger partial charge in [0.1, 0.15) is 5.60 Å². The molecule has 1 rings (SSSR count). The maximum absolute atomic E-state index is 10.9. The zero-order valence-electron chi connectivity index (χ0n) is 8.10. The van der Waals surface area contributed by atoms with Crippen LogP contribution < -0.4 is 0 Å². The zero-order chi connectivity index (χ0) is 10.6. The molecule has 0 saturated carbocycles. The third kappa shape index (κ3) is 3.16. The van der Waals surface area contributed by atoms with Crippen molar-refractivity contribution in [2.75, 3.05) is 0 Å². The molecule has 14 heavy (non-hydrogen) atoms. The maximum Gasteiger partial charge on any atom is 0.217 e. The Hall–Kier alpha value is -0.800. The van der Waals surface area contributed by atoms with E-state index in [0.717, 1.165) is 5.56 Å². The molecule has 0 amide bonds. The summed E-state index contributed by atoms with van der Waals surface area (Å²) in [6.45, 7) is 1.49. The molecular formula is C11H14O2S. The monoisotopic (exact) mass is 210 g/mol. The van der Waals surface area contributed by atoms with Crippen molar-refractivity contribution in [3.63, 3.8) is 0 Å². The smallest absolute Gasteiger partial charge is 0.217 e. The topological polar surface area (TPSA) is 37.3 Å². The van der Waals surface area contributed by atoms with Gasteiger partial charge in [0.05, 0.1) is 0 Å². The molecule has 0 aliphatic rings. The number of aliphatic hydroxyl groups is 1. The normalized spacial score (nSPS) is 14.8. The molecule has 0 spiro atoms. The van der Waals surface area contributed by atoms with Crippen molar-refractivity contribution in [3.05, 3.63) is 35.9 Å². The van der Waals surface area contributed by atoms with Gasteiger partial charge in [-0.05, 0) is 25.3 Å². The van der Waals surface area contributed by atoms with Crippen LogP contribution in [0.15, 0.2) is 30.3 Å². The summed E-state index contributed by atoms with van der Waals surface area (Å²) < 4.78 is 0. The van der Waals surface area contributed by atoms with Crippen LogP contribution >= 0.6 is 12.6 Å². The van der Waals surface area contributed by atoms with Gasteiger partial charge in [0.2, 0.25) is 5.12 Å². The lowest BCUT2D eigenvalue weighted by Gasteiger charge is -2.18. The van der Waals surface area contributed by atoms with Gasteiger partial charge in [-0.25, -0.2) is 0 Å². The van der Waals surface area contributed by atoms with Crippen LogP contribution in [0.5, 0.6) is 0 Å². The molecule has 0 bridgehead atoms. The molecule has 2 nitrogen and oxygen atoms in total. The van der Waals surface area contributed by atoms with Crippen molar-refractivity contribution >= 4 is 17.7 Å². The fraction of sp³-hybridized carbons (Fsp3) is 0.364. The molecule has 0 radical (unpaired) electrons. The molecule has 0 aromatic heterocycles. The predicted octanol–water partition coefficient (Wildman–Crippen LogP) is 1.83. The third-order valence-corrected chi connectivity index (χ3v) is 2.69. The minimum Gasteiger partial charge on any atom is -0.381 e. The lowest BCUT2D eigenvalue weighted by Crippen LogP contribution is -2.32. The summed E-state index contributed by atoms with van der Waals surface area (Å²) in [5.74, 6) is 0. The summed E-state index contributed by atoms with van der Waals surface area (Å²) in [7, 11) is 0. The minimum absolute atomic E-state index is 0.402. The number of hydrogen-bond donors (Lipinski definition) is 2. The quantitative estimate of drug-likeness (QED) is 0.744. The van der Waals surface area contributed by atoms with Gasteiger partial charge in [-0.2, -0.15) is 0 Å². The number of hydrogen-bond acceptors (Lipinski definition) is 2. The molecule has 1 atom stereocenters. The molecule has 1 aromatic carbocycles. The van der Waals surface area contributed by atoms with Gasteiger partial charge < -0.3 is 5.11 Å². The average Bonchev–Trinajstić information content (AvgIpc) is 2.16. The summed E-state index contributed by atoms with van der Waals surface area (Å²) >= 11 is 3.64. The van der Waals surface area contributed by atoms with Crippen molar-refractivity contribution in [1.29, 1.82) is 0 Å². The number of carbonyl (C=O) groups excluding carboxylic acids is 1. The van der Waals surface area contributed by atoms with E-state index in [-0.39, 0.29) is 0 Å². The molecule has 1 N–H and O–H groups in total. The van der Waals surface area contributed by atoms with Crippen molar-refractivity contribution in [3.8, 4) is 0 Å². The van der Waals surface area contributed by atoms with E-state index in [9.17, 15) is 9.90 Å². The molecule has 0 unspecified atom stereocenters. The van der Waals surface area contributed by atoms with E-state index in [4.69, 9.17) is 0 Å². The van der Waals surface area contributed by atoms with E-state index in [1.54, 1.807) is 0 Å². The van der Waals surface area contributed by atoms with E-state index in [1.165, 1.54) is 6.92 Å². The van der Waals surface area contributed by atoms with Crippen molar-refractivity contribution in [1.82, 2.24) is 0 Å². The van der Waals surface area contributed by atoms with Crippen LogP contribution in [-0.4, -0.2) is 15.8 Å². The predicted molar refractivity (Wildman–Crippen MR) is 59.4 cm³/mol. The van der Waals surface area contributed by atoms with E-state index in [1.807, 2.05) is 30.3 Å². The van der Waals surface area contributed by atoms with Crippen LogP contribution in [0.1, 0.15) is 18.9 Å². The van der Waals surface area contributed by atoms with E-state index in [2.05, 4.69) is 12.6 Å². The SMILES string of the molecule is C[C@@](O)(CCc1ccccc1)C(=O)S. The summed E-state index contributed by atoms with van der Waals surface area (Å²) in [5, 5.41) is 9.15. The van der Waals surface area contributed by atoms with Gasteiger partial charge in [0.25, 0.3) is 0 Å². The van der Waals surface area contributed by atoms with Crippen LogP contribution in [0.4, 0.5) is 0 Å². The van der Waals surface area contributed by atoms with Gasteiger partial charge in [0.15, 0.2) is 0 Å². The van der Waals surface area contributed by atoms with Crippen molar-refractivity contribution < 1.29 is 9.90 Å². The van der Waals surface area contributed by atoms with Gasteiger partial charge in [-0.1, -0.05) is 30.3 Å². The molecular weight excluding hydrogens is 196 g/mol. The molecule has 3 heteroatoms. The number of carbonyl (C=O) groups is 1. The Kier molecular flexibility index (Phi) is 3.72. The Labute approximate surface area is 89.4 Å². The second-order valence-electron chi connectivity index (χ2n) is 3.56. The van der Waals surface area contributed by atoms with Crippen molar-refractivity contribution in [2.24, 2.45) is 0 Å².